The molecule has 0 radical (unpaired) electrons. The van der Waals surface area contributed by atoms with Gasteiger partial charge in [-0.15, -0.1) is 0 Å². The van der Waals surface area contributed by atoms with Gasteiger partial charge >= 0.3 is 5.97 Å². The molecule has 1 aromatic rings. The molecule has 15 nitrogen and oxygen atoms in total. The van der Waals surface area contributed by atoms with Crippen LogP contribution >= 0.6 is 0 Å². The average Bonchev–Trinajstić information content (AvgIpc) is 3.26. The van der Waals surface area contributed by atoms with E-state index in [0.717, 1.165) is 0 Å². The number of nitrogens with two attached hydrogens (primary N) is 3. The molecule has 0 saturated carbocycles. The zero-order valence-corrected chi connectivity index (χ0v) is 19.4. The van der Waals surface area contributed by atoms with Gasteiger partial charge in [0, 0.05) is 24.7 Å². The van der Waals surface area contributed by atoms with Crippen molar-refractivity contribution in [1.29, 1.82) is 0 Å². The Hall–Kier alpha value is -4.01. The molecule has 194 valence electrons. The van der Waals surface area contributed by atoms with Crippen LogP contribution in [0, 0.1) is 5.92 Å². The number of aromatic nitrogens is 2. The van der Waals surface area contributed by atoms with Crippen LogP contribution in [0.2, 0.25) is 0 Å². The van der Waals surface area contributed by atoms with E-state index >= 15 is 0 Å². The third-order valence-corrected chi connectivity index (χ3v) is 4.92. The topological polar surface area (TPSA) is 265 Å². The number of aliphatic carboxylic acids is 1. The zero-order valence-electron chi connectivity index (χ0n) is 19.4. The van der Waals surface area contributed by atoms with E-state index in [4.69, 9.17) is 17.2 Å². The maximum Gasteiger partial charge on any atom is 0.326 e. The molecule has 5 amide bonds. The first kappa shape index (κ1) is 29.0. The molecule has 1 aromatic heterocycles. The molecular formula is C20H32N8O7. The minimum Gasteiger partial charge on any atom is -0.480 e. The van der Waals surface area contributed by atoms with E-state index in [-0.39, 0.29) is 19.3 Å². The van der Waals surface area contributed by atoms with Gasteiger partial charge in [0.15, 0.2) is 0 Å². The van der Waals surface area contributed by atoms with Gasteiger partial charge < -0.3 is 43.2 Å². The van der Waals surface area contributed by atoms with Crippen molar-refractivity contribution >= 4 is 35.5 Å². The van der Waals surface area contributed by atoms with Gasteiger partial charge in [0.25, 0.3) is 0 Å². The molecule has 0 spiro atoms. The Bertz CT molecular complexity index is 919. The Morgan fingerprint density at radius 1 is 0.971 bits per heavy atom. The number of amides is 5. The van der Waals surface area contributed by atoms with Crippen molar-refractivity contribution in [2.24, 2.45) is 23.1 Å². The molecule has 4 unspecified atom stereocenters. The summed E-state index contributed by atoms with van der Waals surface area (Å²) in [5.74, 6) is -5.90. The first-order valence-corrected chi connectivity index (χ1v) is 10.7. The number of hydrogen-bond acceptors (Lipinski definition) is 8. The highest BCUT2D eigenvalue weighted by molar-refractivity contribution is 5.96. The normalized spacial score (nSPS) is 14.3. The Kier molecular flexibility index (Phi) is 11.3. The molecule has 0 aliphatic carbocycles. The van der Waals surface area contributed by atoms with Crippen LogP contribution in [-0.4, -0.2) is 74.7 Å². The standard InChI is InChI=1S/C20H32N8O7/c1-9(2)16(19(33)27-13(20(34)35)5-10-7-24-8-25-10)28-18(32)12(6-15(23)30)26-17(31)11(21)3-4-14(22)29/h7-9,11-13,16H,3-6,21H2,1-2H3,(H2,22,29)(H2,23,30)(H,24,25)(H,26,31)(H,27,33)(H,28,32)(H,34,35). The number of primary amides is 2. The van der Waals surface area contributed by atoms with Crippen molar-refractivity contribution in [2.45, 2.75) is 63.7 Å². The lowest BCUT2D eigenvalue weighted by Gasteiger charge is -2.26. The Labute approximate surface area is 200 Å². The molecule has 35 heavy (non-hydrogen) atoms. The van der Waals surface area contributed by atoms with Crippen molar-refractivity contribution in [1.82, 2.24) is 25.9 Å². The predicted molar refractivity (Wildman–Crippen MR) is 121 cm³/mol. The van der Waals surface area contributed by atoms with Crippen molar-refractivity contribution in [3.05, 3.63) is 18.2 Å². The van der Waals surface area contributed by atoms with Crippen LogP contribution in [0.15, 0.2) is 12.5 Å². The van der Waals surface area contributed by atoms with Crippen LogP contribution < -0.4 is 33.2 Å². The molecule has 0 aliphatic rings. The number of nitrogens with zero attached hydrogens (tertiary/aromatic N) is 1. The third kappa shape index (κ3) is 10.2. The molecule has 0 saturated heterocycles. The minimum absolute atomic E-state index is 0.0800. The number of H-pyrrole nitrogens is 1. The third-order valence-electron chi connectivity index (χ3n) is 4.92. The molecule has 0 fully saturated rings. The highest BCUT2D eigenvalue weighted by Gasteiger charge is 2.32. The number of carbonyl (C=O) groups excluding carboxylic acids is 5. The largest absolute Gasteiger partial charge is 0.480 e. The van der Waals surface area contributed by atoms with Gasteiger partial charge in [-0.2, -0.15) is 0 Å². The molecule has 15 heteroatoms. The molecular weight excluding hydrogens is 464 g/mol. The summed E-state index contributed by atoms with van der Waals surface area (Å²) in [6, 6.07) is -5.17. The summed E-state index contributed by atoms with van der Waals surface area (Å²) in [4.78, 5) is 78.5. The van der Waals surface area contributed by atoms with Crippen LogP contribution in [0.5, 0.6) is 0 Å². The number of hydrogen-bond donors (Lipinski definition) is 8. The number of aromatic amines is 1. The maximum atomic E-state index is 12.8. The lowest BCUT2D eigenvalue weighted by atomic mass is 10.0. The average molecular weight is 497 g/mol. The second-order valence-electron chi connectivity index (χ2n) is 8.25. The summed E-state index contributed by atoms with van der Waals surface area (Å²) in [7, 11) is 0. The quantitative estimate of drug-likeness (QED) is 0.120. The number of rotatable bonds is 15. The van der Waals surface area contributed by atoms with E-state index < -0.39 is 72.0 Å². The number of imidazole rings is 1. The van der Waals surface area contributed by atoms with E-state index in [1.807, 2.05) is 0 Å². The summed E-state index contributed by atoms with van der Waals surface area (Å²) in [6.45, 7) is 3.22. The smallest absolute Gasteiger partial charge is 0.326 e. The first-order chi connectivity index (χ1) is 16.3. The summed E-state index contributed by atoms with van der Waals surface area (Å²) >= 11 is 0. The van der Waals surface area contributed by atoms with Crippen LogP contribution in [0.25, 0.3) is 0 Å². The van der Waals surface area contributed by atoms with E-state index in [1.165, 1.54) is 12.5 Å². The number of nitrogens with one attached hydrogen (secondary N) is 4. The fraction of sp³-hybridized carbons (Fsp3) is 0.550. The maximum absolute atomic E-state index is 12.8. The van der Waals surface area contributed by atoms with Crippen molar-refractivity contribution in [3.63, 3.8) is 0 Å². The number of carbonyl (C=O) groups is 6. The molecule has 11 N–H and O–H groups in total. The van der Waals surface area contributed by atoms with Gasteiger partial charge in [-0.3, -0.25) is 24.0 Å². The van der Waals surface area contributed by atoms with Gasteiger partial charge in [0.05, 0.1) is 18.8 Å². The van der Waals surface area contributed by atoms with Crippen LogP contribution in [0.3, 0.4) is 0 Å². The van der Waals surface area contributed by atoms with Gasteiger partial charge in [-0.25, -0.2) is 9.78 Å². The monoisotopic (exact) mass is 496 g/mol. The lowest BCUT2D eigenvalue weighted by molar-refractivity contribution is -0.142. The van der Waals surface area contributed by atoms with Crippen LogP contribution in [0.4, 0.5) is 0 Å². The van der Waals surface area contributed by atoms with Gasteiger partial charge in [-0.05, 0) is 12.3 Å². The molecule has 4 atom stereocenters. The highest BCUT2D eigenvalue weighted by Crippen LogP contribution is 2.07. The SMILES string of the molecule is CC(C)C(NC(=O)C(CC(N)=O)NC(=O)C(N)CCC(N)=O)C(=O)NC(Cc1cnc[nH]1)C(=O)O. The zero-order chi connectivity index (χ0) is 26.7. The first-order valence-electron chi connectivity index (χ1n) is 10.7. The predicted octanol–water partition coefficient (Wildman–Crippen LogP) is -3.38. The van der Waals surface area contributed by atoms with Gasteiger partial charge in [0.1, 0.15) is 18.1 Å². The lowest BCUT2D eigenvalue weighted by Crippen LogP contribution is -2.59. The van der Waals surface area contributed by atoms with Crippen LogP contribution in [0.1, 0.15) is 38.8 Å². The Morgan fingerprint density at radius 2 is 1.60 bits per heavy atom. The summed E-state index contributed by atoms with van der Waals surface area (Å²) in [5.41, 5.74) is 16.4. The van der Waals surface area contributed by atoms with Crippen molar-refractivity contribution < 1.29 is 33.9 Å². The molecule has 1 rings (SSSR count). The highest BCUT2D eigenvalue weighted by atomic mass is 16.4. The fourth-order valence-electron chi connectivity index (χ4n) is 2.98. The second-order valence-corrected chi connectivity index (χ2v) is 8.25. The van der Waals surface area contributed by atoms with E-state index in [9.17, 15) is 33.9 Å². The van der Waals surface area contributed by atoms with Gasteiger partial charge in [0.2, 0.25) is 29.5 Å². The number of carboxylic acid groups (broad SMARTS) is 1. The summed E-state index contributed by atoms with van der Waals surface area (Å²) in [6.07, 6.45) is 1.85. The number of carboxylic acids is 1. The summed E-state index contributed by atoms with van der Waals surface area (Å²) in [5, 5.41) is 16.5. The Balaban J connectivity index is 2.92. The molecule has 0 bridgehead atoms. The van der Waals surface area contributed by atoms with Crippen molar-refractivity contribution in [3.8, 4) is 0 Å². The van der Waals surface area contributed by atoms with Crippen LogP contribution in [-0.2, 0) is 35.2 Å². The van der Waals surface area contributed by atoms with Gasteiger partial charge in [-0.1, -0.05) is 13.8 Å². The van der Waals surface area contributed by atoms with E-state index in [0.29, 0.717) is 5.69 Å². The molecule has 0 aromatic carbocycles. The minimum atomic E-state index is -1.46. The molecule has 1 heterocycles. The fourth-order valence-corrected chi connectivity index (χ4v) is 2.98. The Morgan fingerprint density at radius 3 is 2.09 bits per heavy atom. The second kappa shape index (κ2) is 13.6. The van der Waals surface area contributed by atoms with E-state index in [2.05, 4.69) is 25.9 Å². The summed E-state index contributed by atoms with van der Waals surface area (Å²) < 4.78 is 0. The van der Waals surface area contributed by atoms with E-state index in [1.54, 1.807) is 13.8 Å². The van der Waals surface area contributed by atoms with Crippen molar-refractivity contribution in [2.75, 3.05) is 0 Å². The molecule has 0 aliphatic heterocycles.